The minimum atomic E-state index is -0.196. The number of halogens is 1. The van der Waals surface area contributed by atoms with Crippen LogP contribution in [0.2, 0.25) is 0 Å². The van der Waals surface area contributed by atoms with Gasteiger partial charge < -0.3 is 5.32 Å². The van der Waals surface area contributed by atoms with Crippen LogP contribution in [0.1, 0.15) is 36.2 Å². The Hall–Kier alpha value is -1.68. The van der Waals surface area contributed by atoms with Crippen LogP contribution >= 0.6 is 0 Å². The molecule has 0 radical (unpaired) electrons. The van der Waals surface area contributed by atoms with E-state index in [2.05, 4.69) is 24.3 Å². The summed E-state index contributed by atoms with van der Waals surface area (Å²) in [5.74, 6) is 0.439. The fourth-order valence-electron chi connectivity index (χ4n) is 2.29. The highest BCUT2D eigenvalue weighted by Gasteiger charge is 2.07. The zero-order chi connectivity index (χ0) is 15.4. The van der Waals surface area contributed by atoms with Crippen molar-refractivity contribution in [3.63, 3.8) is 0 Å². The van der Waals surface area contributed by atoms with Gasteiger partial charge in [-0.25, -0.2) is 4.39 Å². The third-order valence-corrected chi connectivity index (χ3v) is 3.56. The molecule has 2 rings (SSSR count). The van der Waals surface area contributed by atoms with Gasteiger partial charge in [-0.05, 0) is 49.6 Å². The van der Waals surface area contributed by atoms with Gasteiger partial charge in [-0.2, -0.15) is 5.10 Å². The Morgan fingerprint density at radius 2 is 2.00 bits per heavy atom. The van der Waals surface area contributed by atoms with Gasteiger partial charge in [0.05, 0.1) is 12.2 Å². The predicted octanol–water partition coefficient (Wildman–Crippen LogP) is 3.43. The van der Waals surface area contributed by atoms with Crippen molar-refractivity contribution in [3.05, 3.63) is 52.6 Å². The standard InChI is InChI=1S/C17H24FN3/c1-12(2)8-19-9-16-11-21(20-14(16)4)10-15-7-17(18)6-5-13(15)3/h5-7,11-12,19H,8-10H2,1-4H3. The summed E-state index contributed by atoms with van der Waals surface area (Å²) < 4.78 is 15.2. The molecule has 0 aliphatic carbocycles. The van der Waals surface area contributed by atoms with Gasteiger partial charge in [0.25, 0.3) is 0 Å². The highest BCUT2D eigenvalue weighted by molar-refractivity contribution is 5.27. The molecule has 4 heteroatoms. The molecule has 0 atom stereocenters. The van der Waals surface area contributed by atoms with Gasteiger partial charge in [0.1, 0.15) is 5.82 Å². The topological polar surface area (TPSA) is 29.9 Å². The summed E-state index contributed by atoms with van der Waals surface area (Å²) in [5, 5.41) is 7.95. The van der Waals surface area contributed by atoms with E-state index in [0.29, 0.717) is 12.5 Å². The Bertz CT molecular complexity index is 602. The fraction of sp³-hybridized carbons (Fsp3) is 0.471. The number of rotatable bonds is 6. The maximum absolute atomic E-state index is 13.3. The molecule has 114 valence electrons. The van der Waals surface area contributed by atoms with E-state index in [-0.39, 0.29) is 5.82 Å². The summed E-state index contributed by atoms with van der Waals surface area (Å²) in [6, 6.07) is 4.89. The van der Waals surface area contributed by atoms with Crippen LogP contribution in [0.3, 0.4) is 0 Å². The number of aromatic nitrogens is 2. The van der Waals surface area contributed by atoms with Crippen LogP contribution < -0.4 is 5.32 Å². The van der Waals surface area contributed by atoms with Crippen molar-refractivity contribution in [2.75, 3.05) is 6.54 Å². The van der Waals surface area contributed by atoms with Crippen LogP contribution in [-0.4, -0.2) is 16.3 Å². The summed E-state index contributed by atoms with van der Waals surface area (Å²) in [5.41, 5.74) is 4.29. The van der Waals surface area contributed by atoms with E-state index in [0.717, 1.165) is 29.9 Å². The lowest BCUT2D eigenvalue weighted by Gasteiger charge is -2.06. The van der Waals surface area contributed by atoms with Gasteiger partial charge >= 0.3 is 0 Å². The van der Waals surface area contributed by atoms with Gasteiger partial charge in [-0.3, -0.25) is 4.68 Å². The predicted molar refractivity (Wildman–Crippen MR) is 83.7 cm³/mol. The second kappa shape index (κ2) is 6.85. The monoisotopic (exact) mass is 289 g/mol. The average molecular weight is 289 g/mol. The third-order valence-electron chi connectivity index (χ3n) is 3.56. The normalized spacial score (nSPS) is 11.3. The first-order valence-corrected chi connectivity index (χ1v) is 7.44. The summed E-state index contributed by atoms with van der Waals surface area (Å²) in [6.07, 6.45) is 2.05. The molecule has 1 heterocycles. The molecular weight excluding hydrogens is 265 g/mol. The minimum Gasteiger partial charge on any atom is -0.312 e. The maximum atomic E-state index is 13.3. The molecule has 1 aromatic carbocycles. The molecular formula is C17H24FN3. The SMILES string of the molecule is Cc1ccc(F)cc1Cn1cc(CNCC(C)C)c(C)n1. The van der Waals surface area contributed by atoms with Crippen LogP contribution in [0.15, 0.2) is 24.4 Å². The van der Waals surface area contributed by atoms with Gasteiger partial charge in [0, 0.05) is 18.3 Å². The molecule has 0 unspecified atom stereocenters. The molecule has 0 fully saturated rings. The highest BCUT2D eigenvalue weighted by Crippen LogP contribution is 2.13. The average Bonchev–Trinajstić information content (AvgIpc) is 2.74. The van der Waals surface area contributed by atoms with Crippen molar-refractivity contribution in [2.45, 2.75) is 40.8 Å². The number of hydrogen-bond donors (Lipinski definition) is 1. The molecule has 2 aromatic rings. The van der Waals surface area contributed by atoms with E-state index in [1.807, 2.05) is 30.8 Å². The Labute approximate surface area is 126 Å². The van der Waals surface area contributed by atoms with Crippen molar-refractivity contribution in [3.8, 4) is 0 Å². The molecule has 1 aromatic heterocycles. The van der Waals surface area contributed by atoms with Crippen LogP contribution in [0.4, 0.5) is 4.39 Å². The largest absolute Gasteiger partial charge is 0.312 e. The number of hydrogen-bond acceptors (Lipinski definition) is 2. The number of nitrogens with one attached hydrogen (secondary N) is 1. The van der Waals surface area contributed by atoms with Gasteiger partial charge in [-0.15, -0.1) is 0 Å². The quantitative estimate of drug-likeness (QED) is 0.883. The second-order valence-electron chi connectivity index (χ2n) is 6.03. The molecule has 1 N–H and O–H groups in total. The van der Waals surface area contributed by atoms with Crippen molar-refractivity contribution < 1.29 is 4.39 Å². The summed E-state index contributed by atoms with van der Waals surface area (Å²) in [6.45, 7) is 10.8. The highest BCUT2D eigenvalue weighted by atomic mass is 19.1. The van der Waals surface area contributed by atoms with E-state index in [1.54, 1.807) is 6.07 Å². The first kappa shape index (κ1) is 15.7. The van der Waals surface area contributed by atoms with Gasteiger partial charge in [0.15, 0.2) is 0 Å². The lowest BCUT2D eigenvalue weighted by atomic mass is 10.1. The van der Waals surface area contributed by atoms with E-state index in [9.17, 15) is 4.39 Å². The first-order valence-electron chi connectivity index (χ1n) is 7.44. The Kier molecular flexibility index (Phi) is 5.12. The summed E-state index contributed by atoms with van der Waals surface area (Å²) >= 11 is 0. The van der Waals surface area contributed by atoms with Crippen molar-refractivity contribution in [1.82, 2.24) is 15.1 Å². The lowest BCUT2D eigenvalue weighted by Crippen LogP contribution is -2.19. The lowest BCUT2D eigenvalue weighted by molar-refractivity contribution is 0.551. The molecule has 0 aliphatic rings. The molecule has 0 aliphatic heterocycles. The van der Waals surface area contributed by atoms with Crippen LogP contribution in [0, 0.1) is 25.6 Å². The van der Waals surface area contributed by atoms with Gasteiger partial charge in [-0.1, -0.05) is 19.9 Å². The minimum absolute atomic E-state index is 0.196. The van der Waals surface area contributed by atoms with Crippen molar-refractivity contribution in [1.29, 1.82) is 0 Å². The third kappa shape index (κ3) is 4.39. The Morgan fingerprint density at radius 1 is 1.24 bits per heavy atom. The van der Waals surface area contributed by atoms with E-state index in [4.69, 9.17) is 0 Å². The Balaban J connectivity index is 2.06. The van der Waals surface area contributed by atoms with Gasteiger partial charge in [0.2, 0.25) is 0 Å². The second-order valence-corrected chi connectivity index (χ2v) is 6.03. The summed E-state index contributed by atoms with van der Waals surface area (Å²) in [7, 11) is 0. The zero-order valence-corrected chi connectivity index (χ0v) is 13.3. The van der Waals surface area contributed by atoms with E-state index < -0.39 is 0 Å². The zero-order valence-electron chi connectivity index (χ0n) is 13.3. The number of benzene rings is 1. The van der Waals surface area contributed by atoms with Crippen LogP contribution in [0.25, 0.3) is 0 Å². The van der Waals surface area contributed by atoms with Crippen LogP contribution in [-0.2, 0) is 13.1 Å². The van der Waals surface area contributed by atoms with E-state index >= 15 is 0 Å². The van der Waals surface area contributed by atoms with Crippen molar-refractivity contribution in [2.24, 2.45) is 5.92 Å². The van der Waals surface area contributed by atoms with E-state index in [1.165, 1.54) is 11.6 Å². The molecule has 21 heavy (non-hydrogen) atoms. The first-order chi connectivity index (χ1) is 9.95. The molecule has 0 saturated carbocycles. The smallest absolute Gasteiger partial charge is 0.123 e. The molecule has 0 saturated heterocycles. The molecule has 0 amide bonds. The van der Waals surface area contributed by atoms with Crippen molar-refractivity contribution >= 4 is 0 Å². The molecule has 3 nitrogen and oxygen atoms in total. The summed E-state index contributed by atoms with van der Waals surface area (Å²) in [4.78, 5) is 0. The molecule has 0 spiro atoms. The maximum Gasteiger partial charge on any atom is 0.123 e. The molecule has 0 bridgehead atoms. The number of nitrogens with zero attached hydrogens (tertiary/aromatic N) is 2. The van der Waals surface area contributed by atoms with Crippen LogP contribution in [0.5, 0.6) is 0 Å². The fourth-order valence-corrected chi connectivity index (χ4v) is 2.29. The Morgan fingerprint density at radius 3 is 2.71 bits per heavy atom. The number of aryl methyl sites for hydroxylation is 2.